The summed E-state index contributed by atoms with van der Waals surface area (Å²) in [5.41, 5.74) is 10.4. The third-order valence-corrected chi connectivity index (χ3v) is 4.32. The smallest absolute Gasteiger partial charge is 0.224 e. The zero-order valence-corrected chi connectivity index (χ0v) is 13.7. The van der Waals surface area contributed by atoms with Gasteiger partial charge in [0.2, 0.25) is 11.8 Å². The van der Waals surface area contributed by atoms with Gasteiger partial charge in [-0.25, -0.2) is 0 Å². The first-order valence-electron chi connectivity index (χ1n) is 8.09. The number of para-hydroxylation sites is 1. The molecule has 5 heteroatoms. The molecule has 0 bridgehead atoms. The highest BCUT2D eigenvalue weighted by Crippen LogP contribution is 2.30. The van der Waals surface area contributed by atoms with Gasteiger partial charge in [0.25, 0.3) is 0 Å². The van der Waals surface area contributed by atoms with Gasteiger partial charge in [0, 0.05) is 37.0 Å². The number of nitrogens with two attached hydrogens (primary N) is 1. The van der Waals surface area contributed by atoms with Gasteiger partial charge in [-0.2, -0.15) is 0 Å². The van der Waals surface area contributed by atoms with Crippen LogP contribution in [0.4, 0.5) is 17.1 Å². The van der Waals surface area contributed by atoms with Gasteiger partial charge in [0.05, 0.1) is 0 Å². The second-order valence-corrected chi connectivity index (χ2v) is 6.01. The largest absolute Gasteiger partial charge is 0.399 e. The van der Waals surface area contributed by atoms with E-state index in [1.807, 2.05) is 42.5 Å². The lowest BCUT2D eigenvalue weighted by atomic mass is 10.1. The van der Waals surface area contributed by atoms with Gasteiger partial charge in [0.15, 0.2) is 0 Å². The molecule has 0 saturated carbocycles. The van der Waals surface area contributed by atoms with E-state index in [2.05, 4.69) is 5.32 Å². The number of benzene rings is 2. The van der Waals surface area contributed by atoms with Crippen LogP contribution < -0.4 is 16.0 Å². The molecule has 124 valence electrons. The van der Waals surface area contributed by atoms with E-state index in [-0.39, 0.29) is 11.8 Å². The molecule has 2 aromatic rings. The van der Waals surface area contributed by atoms with Crippen molar-refractivity contribution < 1.29 is 9.59 Å². The number of nitrogens with one attached hydrogen (secondary N) is 1. The molecule has 0 fully saturated rings. The van der Waals surface area contributed by atoms with Crippen LogP contribution in [0.5, 0.6) is 0 Å². The number of fused-ring (bicyclic) bond motifs is 1. The summed E-state index contributed by atoms with van der Waals surface area (Å²) in [6, 6.07) is 13.3. The van der Waals surface area contributed by atoms with Gasteiger partial charge in [-0.15, -0.1) is 0 Å². The minimum absolute atomic E-state index is 0.0420. The molecule has 2 amide bonds. The molecule has 0 radical (unpaired) electrons. The van der Waals surface area contributed by atoms with E-state index < -0.39 is 0 Å². The predicted molar refractivity (Wildman–Crippen MR) is 96.0 cm³/mol. The summed E-state index contributed by atoms with van der Waals surface area (Å²) >= 11 is 0. The maximum Gasteiger partial charge on any atom is 0.224 e. The lowest BCUT2D eigenvalue weighted by molar-refractivity contribution is -0.117. The summed E-state index contributed by atoms with van der Waals surface area (Å²) < 4.78 is 0. The zero-order valence-electron chi connectivity index (χ0n) is 13.7. The Kier molecular flexibility index (Phi) is 4.51. The van der Waals surface area contributed by atoms with Crippen molar-refractivity contribution in [3.8, 4) is 0 Å². The van der Waals surface area contributed by atoms with Crippen molar-refractivity contribution in [1.29, 1.82) is 0 Å². The molecule has 0 aromatic heterocycles. The topological polar surface area (TPSA) is 75.4 Å². The highest BCUT2D eigenvalue weighted by molar-refractivity contribution is 5.95. The molecule has 0 saturated heterocycles. The minimum atomic E-state index is -0.0420. The Morgan fingerprint density at radius 2 is 2.00 bits per heavy atom. The Labute approximate surface area is 141 Å². The first kappa shape index (κ1) is 16.1. The average molecular weight is 323 g/mol. The van der Waals surface area contributed by atoms with Gasteiger partial charge in [0.1, 0.15) is 0 Å². The summed E-state index contributed by atoms with van der Waals surface area (Å²) in [5, 5.41) is 2.92. The van der Waals surface area contributed by atoms with Crippen LogP contribution in [0.15, 0.2) is 42.5 Å². The minimum Gasteiger partial charge on any atom is -0.399 e. The average Bonchev–Trinajstić information content (AvgIpc) is 2.97. The molecular formula is C19H21N3O2. The van der Waals surface area contributed by atoms with Crippen LogP contribution >= 0.6 is 0 Å². The first-order chi connectivity index (χ1) is 11.5. The number of nitrogens with zero attached hydrogens (tertiary/aromatic N) is 1. The summed E-state index contributed by atoms with van der Waals surface area (Å²) in [5.74, 6) is 0.00519. The lowest BCUT2D eigenvalue weighted by Crippen LogP contribution is -2.25. The van der Waals surface area contributed by atoms with Crippen LogP contribution in [-0.4, -0.2) is 18.4 Å². The Morgan fingerprint density at radius 3 is 2.75 bits per heavy atom. The summed E-state index contributed by atoms with van der Waals surface area (Å²) in [6.07, 6.45) is 1.81. The highest BCUT2D eigenvalue weighted by Gasteiger charge is 2.22. The fourth-order valence-corrected chi connectivity index (χ4v) is 3.04. The number of hydrogen-bond acceptors (Lipinski definition) is 3. The summed E-state index contributed by atoms with van der Waals surface area (Å²) in [6.45, 7) is 2.27. The number of amides is 2. The Hall–Kier alpha value is -2.82. The van der Waals surface area contributed by atoms with E-state index in [4.69, 9.17) is 5.73 Å². The SMILES string of the molecule is CC(=O)N1CCc2cc(NC(=O)CCc3ccccc3N)ccc21. The van der Waals surface area contributed by atoms with Crippen LogP contribution in [-0.2, 0) is 22.4 Å². The summed E-state index contributed by atoms with van der Waals surface area (Å²) in [4.78, 5) is 25.5. The molecule has 1 aliphatic rings. The fourth-order valence-electron chi connectivity index (χ4n) is 3.04. The van der Waals surface area contributed by atoms with E-state index in [1.165, 1.54) is 0 Å². The van der Waals surface area contributed by atoms with Gasteiger partial charge in [-0.3, -0.25) is 9.59 Å². The maximum absolute atomic E-state index is 12.2. The monoisotopic (exact) mass is 323 g/mol. The van der Waals surface area contributed by atoms with Crippen molar-refractivity contribution in [3.05, 3.63) is 53.6 Å². The molecule has 0 unspecified atom stereocenters. The molecule has 24 heavy (non-hydrogen) atoms. The molecule has 2 aromatic carbocycles. The number of nitrogen functional groups attached to an aromatic ring is 1. The van der Waals surface area contributed by atoms with Gasteiger partial charge < -0.3 is 16.0 Å². The molecule has 3 N–H and O–H groups in total. The third kappa shape index (κ3) is 3.40. The van der Waals surface area contributed by atoms with Gasteiger partial charge >= 0.3 is 0 Å². The van der Waals surface area contributed by atoms with Crippen LogP contribution in [0, 0.1) is 0 Å². The number of anilines is 3. The van der Waals surface area contributed by atoms with Crippen LogP contribution in [0.3, 0.4) is 0 Å². The quantitative estimate of drug-likeness (QED) is 0.850. The highest BCUT2D eigenvalue weighted by atomic mass is 16.2. The number of hydrogen-bond donors (Lipinski definition) is 2. The Balaban J connectivity index is 1.61. The normalized spacial score (nSPS) is 12.8. The van der Waals surface area contributed by atoms with E-state index in [0.717, 1.165) is 28.9 Å². The molecular weight excluding hydrogens is 302 g/mol. The first-order valence-corrected chi connectivity index (χ1v) is 8.09. The van der Waals surface area contributed by atoms with Gasteiger partial charge in [-0.1, -0.05) is 18.2 Å². The van der Waals surface area contributed by atoms with Gasteiger partial charge in [-0.05, 0) is 48.2 Å². The van der Waals surface area contributed by atoms with Crippen LogP contribution in [0.1, 0.15) is 24.5 Å². The Morgan fingerprint density at radius 1 is 1.21 bits per heavy atom. The zero-order chi connectivity index (χ0) is 17.1. The summed E-state index contributed by atoms with van der Waals surface area (Å²) in [7, 11) is 0. The third-order valence-electron chi connectivity index (χ3n) is 4.32. The molecule has 0 aliphatic carbocycles. The number of carbonyl (C=O) groups is 2. The molecule has 1 heterocycles. The standard InChI is InChI=1S/C19H21N3O2/c1-13(23)22-11-10-15-12-16(7-8-18(15)22)21-19(24)9-6-14-4-2-3-5-17(14)20/h2-5,7-8,12H,6,9-11,20H2,1H3,(H,21,24). The molecule has 3 rings (SSSR count). The van der Waals surface area contributed by atoms with Crippen molar-refractivity contribution in [3.63, 3.8) is 0 Å². The van der Waals surface area contributed by atoms with Crippen molar-refractivity contribution in [1.82, 2.24) is 0 Å². The molecule has 5 nitrogen and oxygen atoms in total. The van der Waals surface area contributed by atoms with Crippen molar-refractivity contribution in [2.24, 2.45) is 0 Å². The predicted octanol–water partition coefficient (Wildman–Crippen LogP) is 2.75. The van der Waals surface area contributed by atoms with E-state index in [9.17, 15) is 9.59 Å². The number of aryl methyl sites for hydroxylation is 1. The van der Waals surface area contributed by atoms with E-state index >= 15 is 0 Å². The van der Waals surface area contributed by atoms with Crippen molar-refractivity contribution in [2.75, 3.05) is 22.5 Å². The molecule has 0 atom stereocenters. The second-order valence-electron chi connectivity index (χ2n) is 6.01. The van der Waals surface area contributed by atoms with Crippen LogP contribution in [0.25, 0.3) is 0 Å². The van der Waals surface area contributed by atoms with Crippen molar-refractivity contribution in [2.45, 2.75) is 26.2 Å². The number of rotatable bonds is 4. The van der Waals surface area contributed by atoms with E-state index in [0.29, 0.717) is 25.1 Å². The molecule has 0 spiro atoms. The fraction of sp³-hybridized carbons (Fsp3) is 0.263. The lowest BCUT2D eigenvalue weighted by Gasteiger charge is -2.15. The number of carbonyl (C=O) groups excluding carboxylic acids is 2. The second kappa shape index (κ2) is 6.74. The molecule has 1 aliphatic heterocycles. The Bertz CT molecular complexity index is 786. The van der Waals surface area contributed by atoms with E-state index in [1.54, 1.807) is 11.8 Å². The maximum atomic E-state index is 12.2. The van der Waals surface area contributed by atoms with Crippen molar-refractivity contribution >= 4 is 28.9 Å². The van der Waals surface area contributed by atoms with Crippen LogP contribution in [0.2, 0.25) is 0 Å².